The molecule has 3 nitrogen and oxygen atoms in total. The summed E-state index contributed by atoms with van der Waals surface area (Å²) >= 11 is 0. The summed E-state index contributed by atoms with van der Waals surface area (Å²) in [6.45, 7) is 0.618. The van der Waals surface area contributed by atoms with E-state index in [0.29, 0.717) is 6.54 Å². The Morgan fingerprint density at radius 3 is 3.00 bits per heavy atom. The monoisotopic (exact) mass is 122 g/mol. The standard InChI is InChI=1S/C6H6N2O/c7-4-5-6(9)2-1-3-8-5/h2,9H,1,3H2. The lowest BCUT2D eigenvalue weighted by Gasteiger charge is -2.01. The maximum Gasteiger partial charge on any atom is 0.177 e. The number of aliphatic hydroxyl groups excluding tert-OH is 1. The van der Waals surface area contributed by atoms with E-state index in [1.807, 2.05) is 0 Å². The molecule has 0 bridgehead atoms. The third kappa shape index (κ3) is 1.08. The lowest BCUT2D eigenvalue weighted by atomic mass is 10.2. The van der Waals surface area contributed by atoms with Crippen molar-refractivity contribution in [3.63, 3.8) is 0 Å². The molecule has 1 aliphatic rings. The van der Waals surface area contributed by atoms with Crippen molar-refractivity contribution in [1.29, 1.82) is 5.26 Å². The van der Waals surface area contributed by atoms with Gasteiger partial charge in [0.15, 0.2) is 5.71 Å². The number of dihydropyridines is 1. The minimum Gasteiger partial charge on any atom is -0.505 e. The molecule has 46 valence electrons. The summed E-state index contributed by atoms with van der Waals surface area (Å²) in [6, 6.07) is 1.79. The molecule has 0 aliphatic carbocycles. The van der Waals surface area contributed by atoms with Gasteiger partial charge in [-0.15, -0.1) is 0 Å². The van der Waals surface area contributed by atoms with Crippen LogP contribution in [-0.4, -0.2) is 17.4 Å². The molecule has 0 unspecified atom stereocenters. The van der Waals surface area contributed by atoms with Crippen LogP contribution in [0.15, 0.2) is 16.8 Å². The van der Waals surface area contributed by atoms with Crippen LogP contribution in [0.3, 0.4) is 0 Å². The van der Waals surface area contributed by atoms with E-state index in [9.17, 15) is 0 Å². The van der Waals surface area contributed by atoms with Crippen LogP contribution < -0.4 is 0 Å². The van der Waals surface area contributed by atoms with Crippen LogP contribution in [0.25, 0.3) is 0 Å². The summed E-state index contributed by atoms with van der Waals surface area (Å²) in [5, 5.41) is 17.2. The highest BCUT2D eigenvalue weighted by atomic mass is 16.3. The molecule has 3 heteroatoms. The van der Waals surface area contributed by atoms with Gasteiger partial charge >= 0.3 is 0 Å². The maximum atomic E-state index is 8.88. The van der Waals surface area contributed by atoms with E-state index >= 15 is 0 Å². The predicted molar refractivity (Wildman–Crippen MR) is 33.2 cm³/mol. The van der Waals surface area contributed by atoms with Crippen molar-refractivity contribution in [2.45, 2.75) is 6.42 Å². The van der Waals surface area contributed by atoms with Crippen molar-refractivity contribution in [1.82, 2.24) is 0 Å². The Labute approximate surface area is 53.0 Å². The fraction of sp³-hybridized carbons (Fsp3) is 0.333. The van der Waals surface area contributed by atoms with Gasteiger partial charge in [0.25, 0.3) is 0 Å². The normalized spacial score (nSPS) is 17.7. The molecule has 1 N–H and O–H groups in total. The Morgan fingerprint density at radius 1 is 1.78 bits per heavy atom. The fourth-order valence-corrected chi connectivity index (χ4v) is 0.648. The molecule has 1 aliphatic heterocycles. The highest BCUT2D eigenvalue weighted by Gasteiger charge is 2.05. The van der Waals surface area contributed by atoms with Crippen molar-refractivity contribution in [3.05, 3.63) is 11.8 Å². The number of nitrogens with zero attached hydrogens (tertiary/aromatic N) is 2. The topological polar surface area (TPSA) is 56.4 Å². The molecule has 9 heavy (non-hydrogen) atoms. The fourth-order valence-electron chi connectivity index (χ4n) is 0.648. The first-order valence-corrected chi connectivity index (χ1v) is 2.68. The molecule has 0 fully saturated rings. The van der Waals surface area contributed by atoms with Crippen LogP contribution in [0.4, 0.5) is 0 Å². The summed E-state index contributed by atoms with van der Waals surface area (Å²) in [5.74, 6) is 0.0174. The van der Waals surface area contributed by atoms with Crippen molar-refractivity contribution in [2.24, 2.45) is 4.99 Å². The zero-order valence-corrected chi connectivity index (χ0v) is 4.83. The molecule has 0 amide bonds. The van der Waals surface area contributed by atoms with Crippen molar-refractivity contribution in [2.75, 3.05) is 6.54 Å². The highest BCUT2D eigenvalue weighted by molar-refractivity contribution is 6.09. The quantitative estimate of drug-likeness (QED) is 0.516. The Morgan fingerprint density at radius 2 is 2.56 bits per heavy atom. The minimum absolute atomic E-state index is 0.0174. The van der Waals surface area contributed by atoms with E-state index in [2.05, 4.69) is 4.99 Å². The van der Waals surface area contributed by atoms with Gasteiger partial charge in [-0.2, -0.15) is 5.26 Å². The predicted octanol–water partition coefficient (Wildman–Crippen LogP) is 0.797. The summed E-state index contributed by atoms with van der Waals surface area (Å²) in [5.41, 5.74) is 0.154. The Hall–Kier alpha value is -1.30. The van der Waals surface area contributed by atoms with Gasteiger partial charge in [-0.25, -0.2) is 0 Å². The number of hydrogen-bond acceptors (Lipinski definition) is 3. The van der Waals surface area contributed by atoms with E-state index < -0.39 is 0 Å². The number of hydrogen-bond donors (Lipinski definition) is 1. The maximum absolute atomic E-state index is 8.88. The van der Waals surface area contributed by atoms with Gasteiger partial charge in [-0.1, -0.05) is 0 Å². The Balaban J connectivity index is 2.83. The van der Waals surface area contributed by atoms with Gasteiger partial charge in [0.2, 0.25) is 0 Å². The van der Waals surface area contributed by atoms with Gasteiger partial charge in [0, 0.05) is 6.54 Å². The van der Waals surface area contributed by atoms with Gasteiger partial charge in [-0.05, 0) is 12.5 Å². The van der Waals surface area contributed by atoms with Crippen LogP contribution in [-0.2, 0) is 0 Å². The molecule has 0 radical (unpaired) electrons. The molecule has 0 saturated heterocycles. The first-order chi connectivity index (χ1) is 4.34. The van der Waals surface area contributed by atoms with Crippen LogP contribution in [0.5, 0.6) is 0 Å². The minimum atomic E-state index is 0.0174. The summed E-state index contributed by atoms with van der Waals surface area (Å²) in [4.78, 5) is 3.77. The molecule has 0 saturated carbocycles. The lowest BCUT2D eigenvalue weighted by molar-refractivity contribution is 0.438. The van der Waals surface area contributed by atoms with E-state index in [-0.39, 0.29) is 11.5 Å². The Bertz CT molecular complexity index is 210. The lowest BCUT2D eigenvalue weighted by Crippen LogP contribution is -2.04. The second-order valence-electron chi connectivity index (χ2n) is 1.72. The van der Waals surface area contributed by atoms with Crippen LogP contribution >= 0.6 is 0 Å². The molecular formula is C6H6N2O. The average Bonchev–Trinajstić information content (AvgIpc) is 1.89. The van der Waals surface area contributed by atoms with Crippen molar-refractivity contribution in [3.8, 4) is 6.07 Å². The van der Waals surface area contributed by atoms with E-state index in [4.69, 9.17) is 10.4 Å². The Kier molecular flexibility index (Phi) is 1.50. The van der Waals surface area contributed by atoms with Crippen LogP contribution in [0.2, 0.25) is 0 Å². The molecule has 0 spiro atoms. The first kappa shape index (κ1) is 5.83. The zero-order valence-electron chi connectivity index (χ0n) is 4.83. The summed E-state index contributed by atoms with van der Waals surface area (Å²) < 4.78 is 0. The van der Waals surface area contributed by atoms with Crippen LogP contribution in [0.1, 0.15) is 6.42 Å². The van der Waals surface area contributed by atoms with Gasteiger partial charge in [0.05, 0.1) is 0 Å². The van der Waals surface area contributed by atoms with Gasteiger partial charge < -0.3 is 5.11 Å². The van der Waals surface area contributed by atoms with E-state index in [1.54, 1.807) is 12.1 Å². The molecule has 1 rings (SSSR count). The second-order valence-corrected chi connectivity index (χ2v) is 1.72. The zero-order chi connectivity index (χ0) is 6.69. The first-order valence-electron chi connectivity index (χ1n) is 2.68. The molecule has 0 atom stereocenters. The van der Waals surface area contributed by atoms with Gasteiger partial charge in [-0.3, -0.25) is 4.99 Å². The highest BCUT2D eigenvalue weighted by Crippen LogP contribution is 2.02. The largest absolute Gasteiger partial charge is 0.505 e. The number of rotatable bonds is 0. The average molecular weight is 122 g/mol. The van der Waals surface area contributed by atoms with Crippen molar-refractivity contribution >= 4 is 5.71 Å². The number of aliphatic imine (C=N–C) groups is 1. The third-order valence-corrected chi connectivity index (χ3v) is 1.09. The molecule has 1 heterocycles. The van der Waals surface area contributed by atoms with E-state index in [0.717, 1.165) is 6.42 Å². The number of nitriles is 1. The van der Waals surface area contributed by atoms with Crippen molar-refractivity contribution < 1.29 is 5.11 Å². The number of aliphatic hydroxyl groups is 1. The van der Waals surface area contributed by atoms with Gasteiger partial charge in [0.1, 0.15) is 11.8 Å². The number of allylic oxidation sites excluding steroid dienone is 1. The summed E-state index contributed by atoms with van der Waals surface area (Å²) in [7, 11) is 0. The smallest absolute Gasteiger partial charge is 0.177 e. The second kappa shape index (κ2) is 2.31. The third-order valence-electron chi connectivity index (χ3n) is 1.09. The molecule has 0 aromatic carbocycles. The van der Waals surface area contributed by atoms with Crippen LogP contribution in [0, 0.1) is 11.3 Å². The molecule has 0 aromatic heterocycles. The SMILES string of the molecule is N#CC1=NCCC=C1O. The molecule has 0 aromatic rings. The molecular weight excluding hydrogens is 116 g/mol. The summed E-state index contributed by atoms with van der Waals surface area (Å²) in [6.07, 6.45) is 2.34. The van der Waals surface area contributed by atoms with E-state index in [1.165, 1.54) is 0 Å².